The maximum absolute atomic E-state index is 12.6. The van der Waals surface area contributed by atoms with Gasteiger partial charge in [0.1, 0.15) is 0 Å². The molecule has 0 amide bonds. The minimum absolute atomic E-state index is 0.0575. The first kappa shape index (κ1) is 54.0. The van der Waals surface area contributed by atoms with Crippen molar-refractivity contribution in [2.45, 2.75) is 241 Å². The van der Waals surface area contributed by atoms with Crippen molar-refractivity contribution in [3.63, 3.8) is 0 Å². The standard InChI is InChI=1S/C27H55NO3.C20H40O2/c1-4-7-9-11-12-16-20-26(19-15-10-8-5-2)27(30)31-25-18-14-13-17-22-28(21-6-3)23-24-29;1-4-7-10-12-13-15-17-19(16-14-11-8-5-2)20(21)22-18-9-6-3/h26,29H,4-25H2,1-3H3;19H,4-18H2,1-3H3. The van der Waals surface area contributed by atoms with Gasteiger partial charge in [0.25, 0.3) is 0 Å². The van der Waals surface area contributed by atoms with Crippen molar-refractivity contribution in [1.82, 2.24) is 4.90 Å². The number of rotatable bonds is 40. The summed E-state index contributed by atoms with van der Waals surface area (Å²) in [5.74, 6) is 0.393. The largest absolute Gasteiger partial charge is 0.465 e. The van der Waals surface area contributed by atoms with Crippen LogP contribution in [0.3, 0.4) is 0 Å². The molecule has 0 radical (unpaired) electrons. The van der Waals surface area contributed by atoms with Gasteiger partial charge in [-0.3, -0.25) is 9.59 Å². The third-order valence-electron chi connectivity index (χ3n) is 10.6. The molecule has 6 nitrogen and oxygen atoms in total. The summed E-state index contributed by atoms with van der Waals surface area (Å²) in [6, 6.07) is 0. The van der Waals surface area contributed by atoms with E-state index in [0.29, 0.717) is 13.2 Å². The van der Waals surface area contributed by atoms with Crippen LogP contribution in [0.5, 0.6) is 0 Å². The number of carbonyl (C=O) groups is 2. The van der Waals surface area contributed by atoms with Crippen LogP contribution in [0.2, 0.25) is 0 Å². The van der Waals surface area contributed by atoms with Gasteiger partial charge in [0, 0.05) is 6.54 Å². The Bertz CT molecular complexity index is 726. The number of unbranched alkanes of at least 4 members (excludes halogenated alkanes) is 20. The molecule has 0 aliphatic rings. The molecule has 0 aromatic heterocycles. The van der Waals surface area contributed by atoms with E-state index in [4.69, 9.17) is 14.6 Å². The van der Waals surface area contributed by atoms with Crippen molar-refractivity contribution in [3.8, 4) is 0 Å². The number of hydrogen-bond acceptors (Lipinski definition) is 6. The molecule has 318 valence electrons. The van der Waals surface area contributed by atoms with E-state index in [9.17, 15) is 9.59 Å². The van der Waals surface area contributed by atoms with Crippen molar-refractivity contribution in [2.24, 2.45) is 11.8 Å². The topological polar surface area (TPSA) is 76.1 Å². The van der Waals surface area contributed by atoms with Gasteiger partial charge in [-0.15, -0.1) is 0 Å². The van der Waals surface area contributed by atoms with E-state index < -0.39 is 0 Å². The molecule has 0 aromatic carbocycles. The molecule has 53 heavy (non-hydrogen) atoms. The number of esters is 2. The minimum atomic E-state index is 0.0575. The molecular formula is C47H95NO5. The van der Waals surface area contributed by atoms with Crippen LogP contribution >= 0.6 is 0 Å². The lowest BCUT2D eigenvalue weighted by atomic mass is 9.94. The van der Waals surface area contributed by atoms with E-state index in [1.807, 2.05) is 0 Å². The molecule has 0 spiro atoms. The molecule has 6 heteroatoms. The molecule has 2 unspecified atom stereocenters. The summed E-state index contributed by atoms with van der Waals surface area (Å²) in [6.45, 7) is 17.6. The molecule has 0 aliphatic heterocycles. The van der Waals surface area contributed by atoms with Crippen LogP contribution in [-0.4, -0.2) is 61.4 Å². The summed E-state index contributed by atoms with van der Waals surface area (Å²) in [7, 11) is 0. The summed E-state index contributed by atoms with van der Waals surface area (Å²) < 4.78 is 11.1. The molecule has 1 N–H and O–H groups in total. The van der Waals surface area contributed by atoms with Gasteiger partial charge in [-0.1, -0.05) is 189 Å². The van der Waals surface area contributed by atoms with Crippen molar-refractivity contribution < 1.29 is 24.2 Å². The third kappa shape index (κ3) is 38.9. The van der Waals surface area contributed by atoms with Gasteiger partial charge in [-0.05, 0) is 64.5 Å². The summed E-state index contributed by atoms with van der Waals surface area (Å²) in [4.78, 5) is 27.2. The van der Waals surface area contributed by atoms with E-state index in [1.165, 1.54) is 128 Å². The first-order valence-corrected chi connectivity index (χ1v) is 23.6. The smallest absolute Gasteiger partial charge is 0.308 e. The van der Waals surface area contributed by atoms with Gasteiger partial charge in [0.2, 0.25) is 0 Å². The first-order chi connectivity index (χ1) is 25.9. The molecule has 0 aromatic rings. The number of aliphatic hydroxyl groups excluding tert-OH is 1. The van der Waals surface area contributed by atoms with Crippen LogP contribution in [0.1, 0.15) is 241 Å². The predicted octanol–water partition coefficient (Wildman–Crippen LogP) is 13.8. The molecule has 0 rings (SSSR count). The average Bonchev–Trinajstić information content (AvgIpc) is 3.16. The fourth-order valence-electron chi connectivity index (χ4n) is 7.05. The molecule has 0 fully saturated rings. The highest BCUT2D eigenvalue weighted by atomic mass is 16.5. The van der Waals surface area contributed by atoms with Crippen LogP contribution in [0.15, 0.2) is 0 Å². The molecule has 0 aliphatic carbocycles. The summed E-state index contributed by atoms with van der Waals surface area (Å²) in [5, 5.41) is 9.13. The SMILES string of the molecule is CCCCCCCCC(CCCCCC)C(=O)OCCCC.CCCCCCCCC(CCCCCC)C(=O)OCCCCCCN(CCC)CCO. The number of nitrogens with zero attached hydrogens (tertiary/aromatic N) is 1. The average molecular weight is 754 g/mol. The van der Waals surface area contributed by atoms with Gasteiger partial charge in [-0.25, -0.2) is 0 Å². The fraction of sp³-hybridized carbons (Fsp3) is 0.957. The Morgan fingerprint density at radius 1 is 0.396 bits per heavy atom. The van der Waals surface area contributed by atoms with Gasteiger partial charge in [-0.2, -0.15) is 0 Å². The maximum Gasteiger partial charge on any atom is 0.308 e. The van der Waals surface area contributed by atoms with Crippen LogP contribution in [0.25, 0.3) is 0 Å². The predicted molar refractivity (Wildman–Crippen MR) is 230 cm³/mol. The highest BCUT2D eigenvalue weighted by Crippen LogP contribution is 2.22. The zero-order valence-electron chi connectivity index (χ0n) is 36.8. The zero-order chi connectivity index (χ0) is 39.5. The Hall–Kier alpha value is -1.14. The molecule has 0 saturated carbocycles. The van der Waals surface area contributed by atoms with E-state index in [-0.39, 0.29) is 30.4 Å². The van der Waals surface area contributed by atoms with Crippen LogP contribution in [0, 0.1) is 11.8 Å². The maximum atomic E-state index is 12.6. The Kier molecular flexibility index (Phi) is 46.1. The second-order valence-electron chi connectivity index (χ2n) is 15.9. The third-order valence-corrected chi connectivity index (χ3v) is 10.6. The summed E-state index contributed by atoms with van der Waals surface area (Å²) in [5.41, 5.74) is 0. The van der Waals surface area contributed by atoms with Crippen molar-refractivity contribution >= 4 is 11.9 Å². The Morgan fingerprint density at radius 2 is 0.736 bits per heavy atom. The summed E-state index contributed by atoms with van der Waals surface area (Å²) >= 11 is 0. The van der Waals surface area contributed by atoms with E-state index in [1.54, 1.807) is 0 Å². The Balaban J connectivity index is 0. The van der Waals surface area contributed by atoms with Crippen molar-refractivity contribution in [3.05, 3.63) is 0 Å². The number of ether oxygens (including phenoxy) is 2. The van der Waals surface area contributed by atoms with Crippen molar-refractivity contribution in [2.75, 3.05) is 39.5 Å². The van der Waals surface area contributed by atoms with Gasteiger partial charge >= 0.3 is 11.9 Å². The monoisotopic (exact) mass is 754 g/mol. The molecule has 2 atom stereocenters. The van der Waals surface area contributed by atoms with Crippen molar-refractivity contribution in [1.29, 1.82) is 0 Å². The van der Waals surface area contributed by atoms with Gasteiger partial charge < -0.3 is 19.5 Å². The number of carbonyl (C=O) groups excluding carboxylic acids is 2. The lowest BCUT2D eigenvalue weighted by molar-refractivity contribution is -0.150. The lowest BCUT2D eigenvalue weighted by Crippen LogP contribution is -2.28. The van der Waals surface area contributed by atoms with Crippen LogP contribution < -0.4 is 0 Å². The van der Waals surface area contributed by atoms with Gasteiger partial charge in [0.15, 0.2) is 0 Å². The zero-order valence-corrected chi connectivity index (χ0v) is 36.8. The molecule has 0 bridgehead atoms. The Morgan fingerprint density at radius 3 is 1.13 bits per heavy atom. The van der Waals surface area contributed by atoms with E-state index in [0.717, 1.165) is 90.3 Å². The van der Waals surface area contributed by atoms with E-state index >= 15 is 0 Å². The lowest BCUT2D eigenvalue weighted by Gasteiger charge is -2.20. The van der Waals surface area contributed by atoms with E-state index in [2.05, 4.69) is 46.4 Å². The molecule has 0 saturated heterocycles. The highest BCUT2D eigenvalue weighted by molar-refractivity contribution is 5.72. The molecule has 0 heterocycles. The number of hydrogen-bond donors (Lipinski definition) is 1. The van der Waals surface area contributed by atoms with Crippen LogP contribution in [-0.2, 0) is 19.1 Å². The highest BCUT2D eigenvalue weighted by Gasteiger charge is 2.20. The fourth-order valence-corrected chi connectivity index (χ4v) is 7.05. The quantitative estimate of drug-likeness (QED) is 0.0496. The second-order valence-corrected chi connectivity index (χ2v) is 15.9. The number of aliphatic hydroxyl groups is 1. The van der Waals surface area contributed by atoms with Crippen LogP contribution in [0.4, 0.5) is 0 Å². The first-order valence-electron chi connectivity index (χ1n) is 23.6. The minimum Gasteiger partial charge on any atom is -0.465 e. The Labute approximate surface area is 332 Å². The molecular weight excluding hydrogens is 659 g/mol. The normalized spacial score (nSPS) is 12.4. The van der Waals surface area contributed by atoms with Gasteiger partial charge in [0.05, 0.1) is 31.7 Å². The second kappa shape index (κ2) is 45.3. The summed E-state index contributed by atoms with van der Waals surface area (Å²) in [6.07, 6.45) is 37.0.